The number of hydrogen-bond donors (Lipinski definition) is 2. The lowest BCUT2D eigenvalue weighted by atomic mass is 9.54. The summed E-state index contributed by atoms with van der Waals surface area (Å²) in [5.41, 5.74) is -2.33. The van der Waals surface area contributed by atoms with Gasteiger partial charge in [-0.3, -0.25) is 9.59 Å². The topological polar surface area (TPSA) is 74.6 Å². The predicted octanol–water partition coefficient (Wildman–Crippen LogP) is 8.93. The molecule has 1 aliphatic rings. The molecule has 4 heteroatoms. The third-order valence-corrected chi connectivity index (χ3v) is 8.00. The molecule has 0 aromatic heterocycles. The number of hydrogen-bond acceptors (Lipinski definition) is 2. The lowest BCUT2D eigenvalue weighted by Crippen LogP contribution is -2.53. The molecule has 0 saturated heterocycles. The molecule has 0 aromatic rings. The maximum Gasteiger partial charge on any atom is 0.311 e. The molecule has 192 valence electrons. The van der Waals surface area contributed by atoms with Crippen LogP contribution in [0.4, 0.5) is 0 Å². The van der Waals surface area contributed by atoms with Gasteiger partial charge in [-0.2, -0.15) is 0 Å². The van der Waals surface area contributed by atoms with Gasteiger partial charge in [0, 0.05) is 0 Å². The Morgan fingerprint density at radius 2 is 0.848 bits per heavy atom. The van der Waals surface area contributed by atoms with E-state index < -0.39 is 22.8 Å². The van der Waals surface area contributed by atoms with Crippen LogP contribution in [-0.4, -0.2) is 22.2 Å². The van der Waals surface area contributed by atoms with Gasteiger partial charge >= 0.3 is 11.9 Å². The lowest BCUT2D eigenvalue weighted by Gasteiger charge is -2.46. The number of carboxylic acid groups (broad SMARTS) is 2. The van der Waals surface area contributed by atoms with E-state index in [0.717, 1.165) is 32.1 Å². The highest BCUT2D eigenvalue weighted by molar-refractivity contribution is 5.87. The predicted molar refractivity (Wildman–Crippen MR) is 138 cm³/mol. The van der Waals surface area contributed by atoms with Gasteiger partial charge in [0.2, 0.25) is 0 Å². The Balaban J connectivity index is 2.30. The van der Waals surface area contributed by atoms with Gasteiger partial charge in [-0.05, 0) is 25.7 Å². The fraction of sp³-hybridized carbons (Fsp3) is 0.862. The van der Waals surface area contributed by atoms with Crippen LogP contribution < -0.4 is 0 Å². The molecule has 0 amide bonds. The molecule has 0 aromatic carbocycles. The molecule has 2 N–H and O–H groups in total. The molecule has 0 spiro atoms. The quantitative estimate of drug-likeness (QED) is 0.131. The molecule has 0 radical (unpaired) electrons. The van der Waals surface area contributed by atoms with Crippen molar-refractivity contribution in [1.29, 1.82) is 0 Å². The number of unbranched alkanes of at least 4 members (excludes halogenated alkanes) is 15. The summed E-state index contributed by atoms with van der Waals surface area (Å²) in [6.45, 7) is 4.30. The van der Waals surface area contributed by atoms with Crippen molar-refractivity contribution < 1.29 is 19.8 Å². The van der Waals surface area contributed by atoms with Crippen molar-refractivity contribution in [2.75, 3.05) is 0 Å². The highest BCUT2D eigenvalue weighted by Crippen LogP contribution is 2.55. The van der Waals surface area contributed by atoms with E-state index in [1.807, 2.05) is 19.1 Å². The Morgan fingerprint density at radius 1 is 0.545 bits per heavy atom. The van der Waals surface area contributed by atoms with E-state index in [1.54, 1.807) is 0 Å². The first-order chi connectivity index (χ1) is 16.0. The number of allylic oxidation sites excluding steroid dienone is 2. The molecule has 2 atom stereocenters. The molecule has 4 nitrogen and oxygen atoms in total. The van der Waals surface area contributed by atoms with E-state index in [4.69, 9.17) is 0 Å². The van der Waals surface area contributed by atoms with E-state index in [1.165, 1.54) is 77.0 Å². The number of rotatable bonds is 21. The Labute approximate surface area is 203 Å². The minimum absolute atomic E-state index is 0.341. The molecule has 33 heavy (non-hydrogen) atoms. The van der Waals surface area contributed by atoms with Gasteiger partial charge in [0.05, 0.1) is 10.8 Å². The summed E-state index contributed by atoms with van der Waals surface area (Å²) >= 11 is 0. The second kappa shape index (κ2) is 17.2. The van der Waals surface area contributed by atoms with Gasteiger partial charge in [0.1, 0.15) is 0 Å². The minimum Gasteiger partial charge on any atom is -0.481 e. The van der Waals surface area contributed by atoms with Crippen LogP contribution in [0.15, 0.2) is 12.2 Å². The van der Waals surface area contributed by atoms with Crippen molar-refractivity contribution in [3.05, 3.63) is 12.2 Å². The van der Waals surface area contributed by atoms with Crippen LogP contribution in [0.1, 0.15) is 149 Å². The van der Waals surface area contributed by atoms with Gasteiger partial charge in [0.25, 0.3) is 0 Å². The Bertz CT molecular complexity index is 570. The normalized spacial score (nSPS) is 22.5. The fourth-order valence-corrected chi connectivity index (χ4v) is 5.72. The minimum atomic E-state index is -1.17. The molecule has 0 heterocycles. The van der Waals surface area contributed by atoms with E-state index in [-0.39, 0.29) is 0 Å². The number of carbonyl (C=O) groups is 2. The molecular formula is C29H52O4. The van der Waals surface area contributed by atoms with E-state index in [0.29, 0.717) is 25.7 Å². The standard InChI is InChI=1S/C29H52O4/c1-3-5-7-8-9-10-11-12-13-14-15-16-17-18-19-23-29(27(32)33)25-21-20-24-28(29,26(30)31)22-6-4-2/h20-21H,3-19,22-25H2,1-2H3,(H,30,31)(H,32,33). The largest absolute Gasteiger partial charge is 0.481 e. The molecule has 1 aliphatic carbocycles. The maximum absolute atomic E-state index is 12.4. The molecule has 0 bridgehead atoms. The monoisotopic (exact) mass is 464 g/mol. The summed E-state index contributed by atoms with van der Waals surface area (Å²) in [7, 11) is 0. The van der Waals surface area contributed by atoms with Crippen molar-refractivity contribution in [1.82, 2.24) is 0 Å². The summed E-state index contributed by atoms with van der Waals surface area (Å²) in [5, 5.41) is 20.3. The highest BCUT2D eigenvalue weighted by Gasteiger charge is 2.60. The smallest absolute Gasteiger partial charge is 0.311 e. The van der Waals surface area contributed by atoms with Gasteiger partial charge in [-0.1, -0.05) is 135 Å². The van der Waals surface area contributed by atoms with Crippen molar-refractivity contribution >= 4 is 11.9 Å². The van der Waals surface area contributed by atoms with Crippen LogP contribution in [0.2, 0.25) is 0 Å². The first-order valence-corrected chi connectivity index (χ1v) is 14.1. The molecular weight excluding hydrogens is 412 g/mol. The maximum atomic E-state index is 12.4. The average molecular weight is 465 g/mol. The van der Waals surface area contributed by atoms with Gasteiger partial charge in [-0.25, -0.2) is 0 Å². The van der Waals surface area contributed by atoms with Crippen LogP contribution in [0.25, 0.3) is 0 Å². The Hall–Kier alpha value is -1.32. The van der Waals surface area contributed by atoms with E-state index in [2.05, 4.69) is 6.92 Å². The second-order valence-corrected chi connectivity index (χ2v) is 10.5. The van der Waals surface area contributed by atoms with Crippen LogP contribution in [0.3, 0.4) is 0 Å². The van der Waals surface area contributed by atoms with Gasteiger partial charge in [-0.15, -0.1) is 0 Å². The zero-order chi connectivity index (χ0) is 24.4. The number of aliphatic carboxylic acids is 2. The highest BCUT2D eigenvalue weighted by atomic mass is 16.4. The van der Waals surface area contributed by atoms with Crippen molar-refractivity contribution in [3.63, 3.8) is 0 Å². The number of carboxylic acids is 2. The van der Waals surface area contributed by atoms with E-state index >= 15 is 0 Å². The SMILES string of the molecule is CCCCCCCCCCCCCCCCCC1(C(=O)O)CC=CCC1(CCCC)C(=O)O. The zero-order valence-electron chi connectivity index (χ0n) is 21.7. The third-order valence-electron chi connectivity index (χ3n) is 8.00. The Kier molecular flexibility index (Phi) is 15.5. The lowest BCUT2D eigenvalue weighted by molar-refractivity contribution is -0.177. The van der Waals surface area contributed by atoms with Crippen LogP contribution >= 0.6 is 0 Å². The second-order valence-electron chi connectivity index (χ2n) is 10.5. The van der Waals surface area contributed by atoms with Crippen molar-refractivity contribution in [2.45, 2.75) is 149 Å². The third kappa shape index (κ3) is 9.45. The molecule has 2 unspecified atom stereocenters. The van der Waals surface area contributed by atoms with Gasteiger partial charge in [0.15, 0.2) is 0 Å². The summed E-state index contributed by atoms with van der Waals surface area (Å²) < 4.78 is 0. The molecule has 0 saturated carbocycles. The average Bonchev–Trinajstić information content (AvgIpc) is 2.80. The zero-order valence-corrected chi connectivity index (χ0v) is 21.7. The summed E-state index contributed by atoms with van der Waals surface area (Å²) in [5.74, 6) is -1.85. The van der Waals surface area contributed by atoms with Gasteiger partial charge < -0.3 is 10.2 Å². The fourth-order valence-electron chi connectivity index (χ4n) is 5.72. The summed E-state index contributed by atoms with van der Waals surface area (Å²) in [6.07, 6.45) is 26.1. The summed E-state index contributed by atoms with van der Waals surface area (Å²) in [4.78, 5) is 24.8. The first kappa shape index (κ1) is 29.7. The van der Waals surface area contributed by atoms with Crippen LogP contribution in [0.5, 0.6) is 0 Å². The van der Waals surface area contributed by atoms with E-state index in [9.17, 15) is 19.8 Å². The first-order valence-electron chi connectivity index (χ1n) is 14.1. The van der Waals surface area contributed by atoms with Crippen molar-refractivity contribution in [2.24, 2.45) is 10.8 Å². The molecule has 1 rings (SSSR count). The van der Waals surface area contributed by atoms with Crippen molar-refractivity contribution in [3.8, 4) is 0 Å². The summed E-state index contributed by atoms with van der Waals surface area (Å²) in [6, 6.07) is 0. The van der Waals surface area contributed by atoms with Crippen LogP contribution in [-0.2, 0) is 9.59 Å². The molecule has 0 aliphatic heterocycles. The van der Waals surface area contributed by atoms with Crippen LogP contribution in [0, 0.1) is 10.8 Å². The Morgan fingerprint density at radius 3 is 1.18 bits per heavy atom. The molecule has 0 fully saturated rings.